The topological polar surface area (TPSA) is 243 Å². The summed E-state index contributed by atoms with van der Waals surface area (Å²) in [6.45, 7) is -5.66. The predicted molar refractivity (Wildman–Crippen MR) is 161 cm³/mol. The van der Waals surface area contributed by atoms with Crippen molar-refractivity contribution < 1.29 is 46.5 Å². The predicted octanol–water partition coefficient (Wildman–Crippen LogP) is -0.0220. The number of aliphatic imine (C=N–C) groups is 1. The molecule has 5 aliphatic heterocycles. The number of fused-ring (bicyclic) bond motifs is 4. The van der Waals surface area contributed by atoms with Crippen LogP contribution in [0.15, 0.2) is 30.6 Å². The largest absolute Gasteiger partial charge is 0.382 e. The molecule has 0 spiro atoms. The molecule has 0 radical (unpaired) electrons. The highest BCUT2D eigenvalue weighted by Crippen LogP contribution is 2.58. The van der Waals surface area contributed by atoms with Gasteiger partial charge >= 0.3 is 13.4 Å². The van der Waals surface area contributed by atoms with Gasteiger partial charge in [-0.1, -0.05) is 6.58 Å². The molecular formula is C22H25FN10O9P2S2. The van der Waals surface area contributed by atoms with Crippen LogP contribution in [0.4, 0.5) is 16.0 Å². The first-order valence-electron chi connectivity index (χ1n) is 13.6. The van der Waals surface area contributed by atoms with Crippen LogP contribution in [-0.2, 0) is 55.9 Å². The Labute approximate surface area is 268 Å². The van der Waals surface area contributed by atoms with Gasteiger partial charge in [0.05, 0.1) is 38.2 Å². The number of rotatable bonds is 2. The molecule has 0 saturated carbocycles. The van der Waals surface area contributed by atoms with Crippen molar-refractivity contribution in [3.63, 3.8) is 0 Å². The average molecular weight is 719 g/mol. The second-order valence-corrected chi connectivity index (χ2v) is 16.5. The maximum absolute atomic E-state index is 16.0. The molecule has 4 fully saturated rings. The van der Waals surface area contributed by atoms with Crippen molar-refractivity contribution >= 4 is 71.5 Å². The molecule has 5 aliphatic rings. The number of nitrogen functional groups attached to an aromatic ring is 1. The third kappa shape index (κ3) is 4.91. The first-order valence-corrected chi connectivity index (χ1v) is 18.7. The van der Waals surface area contributed by atoms with Gasteiger partial charge in [-0.15, -0.1) is 0 Å². The number of nitrogens with one attached hydrogen (secondary N) is 1. The summed E-state index contributed by atoms with van der Waals surface area (Å²) in [5.41, 5.74) is 11.7. The van der Waals surface area contributed by atoms with Gasteiger partial charge in [0, 0.05) is 0 Å². The quantitative estimate of drug-likeness (QED) is 0.219. The summed E-state index contributed by atoms with van der Waals surface area (Å²) in [4.78, 5) is 43.4. The van der Waals surface area contributed by atoms with Gasteiger partial charge in [0.2, 0.25) is 0 Å². The van der Waals surface area contributed by atoms with E-state index in [0.29, 0.717) is 22.6 Å². The van der Waals surface area contributed by atoms with E-state index in [0.717, 1.165) is 0 Å². The van der Waals surface area contributed by atoms with Gasteiger partial charge < -0.3 is 49.8 Å². The summed E-state index contributed by atoms with van der Waals surface area (Å²) in [5, 5.41) is 2.76. The minimum absolute atomic E-state index is 0.0163. The van der Waals surface area contributed by atoms with Gasteiger partial charge in [-0.2, -0.15) is 4.99 Å². The van der Waals surface area contributed by atoms with Crippen LogP contribution in [0.3, 0.4) is 0 Å². The minimum atomic E-state index is -4.25. The first-order chi connectivity index (χ1) is 21.8. The Morgan fingerprint density at radius 2 is 1.80 bits per heavy atom. The normalized spacial score (nSPS) is 40.8. The average Bonchev–Trinajstić information content (AvgIpc) is 3.80. The highest BCUT2D eigenvalue weighted by molar-refractivity contribution is 8.07. The number of ether oxygens (including phenoxy) is 3. The molecule has 0 amide bonds. The zero-order valence-electron chi connectivity index (χ0n) is 23.2. The monoisotopic (exact) mass is 718 g/mol. The van der Waals surface area contributed by atoms with Crippen LogP contribution in [0.25, 0.3) is 16.9 Å². The van der Waals surface area contributed by atoms with Crippen LogP contribution >= 0.6 is 13.4 Å². The van der Waals surface area contributed by atoms with Crippen molar-refractivity contribution in [3.05, 3.63) is 31.3 Å². The molecule has 0 aromatic carbocycles. The fourth-order valence-electron chi connectivity index (χ4n) is 6.03. The zero-order valence-corrected chi connectivity index (χ0v) is 26.7. The van der Waals surface area contributed by atoms with Crippen LogP contribution in [0.5, 0.6) is 0 Å². The van der Waals surface area contributed by atoms with Gasteiger partial charge in [-0.3, -0.25) is 18.2 Å². The fraction of sp³-hybridized carbons (Fsp3) is 0.500. The summed E-state index contributed by atoms with van der Waals surface area (Å²) in [5.74, 6) is 0.361. The van der Waals surface area contributed by atoms with Gasteiger partial charge in [-0.25, -0.2) is 24.3 Å². The molecule has 4 bridgehead atoms. The van der Waals surface area contributed by atoms with Crippen molar-refractivity contribution in [3.8, 4) is 0 Å². The summed E-state index contributed by atoms with van der Waals surface area (Å²) in [6.07, 6.45) is -5.06. The third-order valence-corrected chi connectivity index (χ3v) is 11.2. The van der Waals surface area contributed by atoms with Gasteiger partial charge in [0.15, 0.2) is 41.9 Å². The molecule has 0 aliphatic carbocycles. The van der Waals surface area contributed by atoms with Gasteiger partial charge in [-0.05, 0) is 23.6 Å². The Hall–Kier alpha value is -2.56. The lowest BCUT2D eigenvalue weighted by Crippen LogP contribution is -2.45. The van der Waals surface area contributed by atoms with Crippen LogP contribution in [0.1, 0.15) is 18.1 Å². The molecule has 8 rings (SSSR count). The van der Waals surface area contributed by atoms with Gasteiger partial charge in [0.1, 0.15) is 47.6 Å². The lowest BCUT2D eigenvalue weighted by molar-refractivity contribution is -0.183. The van der Waals surface area contributed by atoms with Crippen molar-refractivity contribution in [1.82, 2.24) is 34.4 Å². The van der Waals surface area contributed by atoms with Crippen molar-refractivity contribution in [1.29, 1.82) is 0 Å². The summed E-state index contributed by atoms with van der Waals surface area (Å²) in [7, 11) is 0. The van der Waals surface area contributed by atoms with Gasteiger partial charge in [0.25, 0.3) is 0 Å². The molecule has 2 unspecified atom stereocenters. The number of aromatic nitrogens is 6. The molecule has 46 heavy (non-hydrogen) atoms. The summed E-state index contributed by atoms with van der Waals surface area (Å²) < 4.78 is 60.5. The number of imidazole rings is 2. The number of nitrogens with two attached hydrogens (primary N) is 2. The minimum Gasteiger partial charge on any atom is -0.382 e. The highest BCUT2D eigenvalue weighted by Gasteiger charge is 2.65. The number of guanidine groups is 1. The van der Waals surface area contributed by atoms with E-state index in [1.807, 2.05) is 0 Å². The number of alkyl halides is 1. The second kappa shape index (κ2) is 10.7. The lowest BCUT2D eigenvalue weighted by Gasteiger charge is -2.33. The molecule has 7 N–H and O–H groups in total. The van der Waals surface area contributed by atoms with E-state index in [1.54, 1.807) is 4.57 Å². The lowest BCUT2D eigenvalue weighted by atomic mass is 10.0. The first kappa shape index (κ1) is 30.8. The smallest absolute Gasteiger partial charge is 0.325 e. The van der Waals surface area contributed by atoms with E-state index in [-0.39, 0.29) is 24.2 Å². The van der Waals surface area contributed by atoms with Crippen LogP contribution in [0.2, 0.25) is 0 Å². The molecule has 24 heteroatoms. The number of nitrogens with zero attached hydrogens (tertiary/aromatic N) is 7. The Morgan fingerprint density at radius 1 is 1.02 bits per heavy atom. The molecule has 19 nitrogen and oxygen atoms in total. The van der Waals surface area contributed by atoms with E-state index in [9.17, 15) is 9.79 Å². The Bertz CT molecular complexity index is 1900. The maximum Gasteiger partial charge on any atom is 0.325 e. The molecule has 246 valence electrons. The van der Waals surface area contributed by atoms with Crippen LogP contribution in [-0.4, -0.2) is 101 Å². The van der Waals surface area contributed by atoms with Crippen LogP contribution in [0, 0.1) is 0 Å². The van der Waals surface area contributed by atoms with E-state index >= 15 is 4.39 Å². The molecule has 8 heterocycles. The Kier molecular flexibility index (Phi) is 7.17. The van der Waals surface area contributed by atoms with E-state index in [4.69, 9.17) is 67.4 Å². The summed E-state index contributed by atoms with van der Waals surface area (Å²) in [6, 6.07) is 0. The number of anilines is 1. The van der Waals surface area contributed by atoms with E-state index in [2.05, 4.69) is 36.8 Å². The SMILES string of the molecule is C=C1NC(N)=Nc2c1ncn2[C@@H]1O[C@@H]2COP(O)(=S)O[C@H]3[C@H]4OC[C@]3(COP(O)(=S)O[C@@H]1[C@@H]2F)O[C@H]4n1cnc2c(N)ncnc21. The number of hydrogen-bond acceptors (Lipinski definition) is 17. The number of hydrogen-bond donors (Lipinski definition) is 5. The molecule has 3 aromatic heterocycles. The van der Waals surface area contributed by atoms with E-state index in [1.165, 1.54) is 23.5 Å². The molecule has 10 atom stereocenters. The fourth-order valence-corrected chi connectivity index (χ4v) is 8.92. The molecular weight excluding hydrogens is 693 g/mol. The molecule has 3 aromatic rings. The third-order valence-electron chi connectivity index (χ3n) is 8.11. The van der Waals surface area contributed by atoms with Crippen LogP contribution < -0.4 is 16.8 Å². The zero-order chi connectivity index (χ0) is 32.2. The Balaban J connectivity index is 1.13. The van der Waals surface area contributed by atoms with E-state index < -0.39 is 75.3 Å². The Morgan fingerprint density at radius 3 is 2.63 bits per heavy atom. The van der Waals surface area contributed by atoms with Crippen molar-refractivity contribution in [2.45, 2.75) is 48.6 Å². The second-order valence-electron chi connectivity index (χ2n) is 11.0. The van der Waals surface area contributed by atoms with Crippen molar-refractivity contribution in [2.24, 2.45) is 10.7 Å². The maximum atomic E-state index is 16.0. The van der Waals surface area contributed by atoms with Crippen molar-refractivity contribution in [2.75, 3.05) is 25.6 Å². The number of halogens is 1. The summed E-state index contributed by atoms with van der Waals surface area (Å²) >= 11 is 10.7. The standard InChI is InChI=1S/C22H25FN10O9P2S2/c1-8-11-18(31-21(25)30-8)33(6-28-11)19-13-10(23)9(39-19)2-37-43(34,45)42-15-14-20(32-7-29-12-16(24)26-5-27-17(12)32)40-22(15,3-36-14)4-38-44(35,46)41-13/h5-7,9-10,13-15,19-20H,1-4H2,(H,34,45)(H,35,46)(H2,24,26,27)(H3,25,30,31)/t9-,10-,13-,14-,15+,19-,20-,22-,43?,44?/m1/s1. The molecule has 4 saturated heterocycles. The highest BCUT2D eigenvalue weighted by atomic mass is 32.5.